The van der Waals surface area contributed by atoms with Crippen LogP contribution in [0.25, 0.3) is 0 Å². The van der Waals surface area contributed by atoms with E-state index in [9.17, 15) is 28.8 Å². The Bertz CT molecular complexity index is 1850. The fourth-order valence-electron chi connectivity index (χ4n) is 4.76. The van der Waals surface area contributed by atoms with Crippen molar-refractivity contribution in [2.45, 2.75) is 56.2 Å². The van der Waals surface area contributed by atoms with Gasteiger partial charge in [0, 0.05) is 0 Å². The van der Waals surface area contributed by atoms with Crippen LogP contribution in [0, 0.1) is 0 Å². The molecule has 0 fully saturated rings. The average molecular weight is 1290 g/mol. The SMILES string of the molecule is C=CCCCCCCCC[CH2][W].Cl.Cl.Cl.Cl.Cl.Cl.O=C(O)c1ccccc1.O=C(O)c1ccccc1.O=C(O)c1ccccc1.O=C(O)c1ccccc1.O=C(O)c1ccccc1.O=C(O)c1ccccc1. The van der Waals surface area contributed by atoms with Crippen LogP contribution in [0.3, 0.4) is 0 Å². The summed E-state index contributed by atoms with van der Waals surface area (Å²) in [4.78, 5) is 62.6. The van der Waals surface area contributed by atoms with Crippen molar-refractivity contribution in [3.63, 3.8) is 0 Å². The molecule has 72 heavy (non-hydrogen) atoms. The van der Waals surface area contributed by atoms with Crippen LogP contribution in [0.1, 0.15) is 114 Å². The third-order valence-electron chi connectivity index (χ3n) is 8.18. The van der Waals surface area contributed by atoms with Gasteiger partial charge in [0.25, 0.3) is 0 Å². The van der Waals surface area contributed by atoms with E-state index in [0.29, 0.717) is 33.4 Å². The van der Waals surface area contributed by atoms with E-state index in [2.05, 4.69) is 6.58 Å². The van der Waals surface area contributed by atoms with Crippen molar-refractivity contribution in [1.82, 2.24) is 0 Å². The van der Waals surface area contributed by atoms with Gasteiger partial charge in [-0.2, -0.15) is 0 Å². The molecule has 12 nitrogen and oxygen atoms in total. The molecule has 6 rings (SSSR count). The molecule has 0 amide bonds. The van der Waals surface area contributed by atoms with Gasteiger partial charge in [-0.05, 0) is 72.8 Å². The number of allylic oxidation sites excluding steroid dienone is 1. The third kappa shape index (κ3) is 45.4. The molecule has 6 N–H and O–H groups in total. The summed E-state index contributed by atoms with van der Waals surface area (Å²) >= 11 is 1.75. The van der Waals surface area contributed by atoms with Gasteiger partial charge >= 0.3 is 124 Å². The first-order valence-electron chi connectivity index (χ1n) is 20.6. The van der Waals surface area contributed by atoms with Gasteiger partial charge in [-0.15, -0.1) is 74.4 Å². The van der Waals surface area contributed by atoms with Crippen molar-refractivity contribution in [2.24, 2.45) is 0 Å². The Morgan fingerprint density at radius 3 is 0.583 bits per heavy atom. The molecule has 0 heterocycles. The molecule has 0 spiro atoms. The Morgan fingerprint density at radius 1 is 0.306 bits per heavy atom. The van der Waals surface area contributed by atoms with Crippen LogP contribution in [-0.2, 0) is 19.8 Å². The summed E-state index contributed by atoms with van der Waals surface area (Å²) in [5.41, 5.74) is 1.99. The first-order chi connectivity index (χ1) is 31.7. The van der Waals surface area contributed by atoms with Crippen LogP contribution >= 0.6 is 74.4 Å². The Morgan fingerprint density at radius 2 is 0.458 bits per heavy atom. The maximum absolute atomic E-state index is 10.2. The number of rotatable bonds is 15. The molecule has 6 aromatic rings. The van der Waals surface area contributed by atoms with E-state index in [-0.39, 0.29) is 74.4 Å². The number of carboxylic acid groups (broad SMARTS) is 6. The predicted molar refractivity (Wildman–Crippen MR) is 296 cm³/mol. The molecule has 0 saturated heterocycles. The third-order valence-corrected chi connectivity index (χ3v) is 9.21. The number of carbonyl (C=O) groups is 6. The first kappa shape index (κ1) is 80.4. The second-order valence-corrected chi connectivity index (χ2v) is 14.8. The van der Waals surface area contributed by atoms with E-state index in [1.165, 1.54) is 56.2 Å². The zero-order valence-electron chi connectivity index (χ0n) is 39.0. The van der Waals surface area contributed by atoms with Crippen LogP contribution in [-0.4, -0.2) is 66.5 Å². The van der Waals surface area contributed by atoms with E-state index in [1.807, 2.05) is 6.08 Å². The maximum atomic E-state index is 10.2. The average Bonchev–Trinajstić information content (AvgIpc) is 3.35. The summed E-state index contributed by atoms with van der Waals surface area (Å²) in [5, 5.41) is 50.3. The van der Waals surface area contributed by atoms with Gasteiger partial charge in [-0.25, -0.2) is 28.8 Å². The van der Waals surface area contributed by atoms with Crippen molar-refractivity contribution >= 4 is 110 Å². The summed E-state index contributed by atoms with van der Waals surface area (Å²) in [6.45, 7) is 3.72. The van der Waals surface area contributed by atoms with Crippen molar-refractivity contribution in [3.8, 4) is 0 Å². The summed E-state index contributed by atoms with van der Waals surface area (Å²) in [6.07, 6.45) is 13.3. The molecule has 0 bridgehead atoms. The van der Waals surface area contributed by atoms with Crippen molar-refractivity contribution in [3.05, 3.63) is 228 Å². The monoisotopic (exact) mass is 1290 g/mol. The van der Waals surface area contributed by atoms with E-state index in [4.69, 9.17) is 30.6 Å². The molecule has 0 radical (unpaired) electrons. The molecule has 19 heteroatoms. The fraction of sp³-hybridized carbons (Fsp3) is 0.170. The van der Waals surface area contributed by atoms with Crippen LogP contribution in [0.15, 0.2) is 195 Å². The quantitative estimate of drug-likeness (QED) is 0.0417. The van der Waals surface area contributed by atoms with Crippen molar-refractivity contribution in [2.75, 3.05) is 0 Å². The predicted octanol–water partition coefficient (Wildman–Crippen LogP) is 15.1. The first-order valence-corrected chi connectivity index (χ1v) is 22.7. The van der Waals surface area contributed by atoms with Gasteiger partial charge < -0.3 is 30.6 Å². The van der Waals surface area contributed by atoms with Crippen LogP contribution in [0.4, 0.5) is 0 Å². The molecule has 0 atom stereocenters. The van der Waals surface area contributed by atoms with Gasteiger partial charge in [0.15, 0.2) is 0 Å². The minimum atomic E-state index is -0.879. The van der Waals surface area contributed by atoms with Gasteiger partial charge in [0.05, 0.1) is 33.4 Å². The number of carboxylic acids is 6. The Balaban J connectivity index is -0.000000135. The number of benzene rings is 6. The van der Waals surface area contributed by atoms with Gasteiger partial charge in [0.1, 0.15) is 0 Å². The zero-order valence-corrected chi connectivity index (χ0v) is 46.8. The van der Waals surface area contributed by atoms with E-state index in [0.717, 1.165) is 0 Å². The standard InChI is InChI=1S/C11H21.6C7H6O2.6ClH.W/c1-3-5-7-9-11-10-8-6-4-2;6*8-7(9)6-4-2-1-3-5-6;;;;;;;/h3H,1-2,4-11H2;6*1-5H,(H,8,9);6*1H;. The molecule has 0 unspecified atom stereocenters. The molecule has 0 saturated carbocycles. The topological polar surface area (TPSA) is 224 Å². The van der Waals surface area contributed by atoms with Gasteiger partial charge in [-0.3, -0.25) is 0 Å². The molecule has 6 aromatic carbocycles. The molecular formula is C53H63Cl6O12W. The summed E-state index contributed by atoms with van der Waals surface area (Å²) in [5.74, 6) is -5.27. The fourth-order valence-corrected chi connectivity index (χ4v) is 5.49. The molecule has 0 aliphatic heterocycles. The van der Waals surface area contributed by atoms with Crippen LogP contribution in [0.5, 0.6) is 0 Å². The van der Waals surface area contributed by atoms with E-state index < -0.39 is 35.8 Å². The Hall–Kier alpha value is -5.69. The Kier molecular flexibility index (Phi) is 61.0. The number of aromatic carboxylic acids is 6. The van der Waals surface area contributed by atoms with Crippen molar-refractivity contribution < 1.29 is 79.2 Å². The normalized spacial score (nSPS) is 8.33. The molecule has 0 aromatic heterocycles. The minimum absolute atomic E-state index is 0. The number of unbranched alkanes of at least 4 members (excludes halogenated alkanes) is 7. The van der Waals surface area contributed by atoms with Gasteiger partial charge in [-0.1, -0.05) is 109 Å². The molecule has 0 aliphatic rings. The van der Waals surface area contributed by atoms with Crippen molar-refractivity contribution in [1.29, 1.82) is 0 Å². The smallest absolute Gasteiger partial charge is 0.335 e. The van der Waals surface area contributed by atoms with E-state index in [1.54, 1.807) is 202 Å². The second kappa shape index (κ2) is 54.6. The van der Waals surface area contributed by atoms with Crippen LogP contribution < -0.4 is 0 Å². The number of hydrogen-bond donors (Lipinski definition) is 6. The van der Waals surface area contributed by atoms with Crippen LogP contribution in [0.2, 0.25) is 4.81 Å². The number of halogens is 6. The number of hydrogen-bond acceptors (Lipinski definition) is 6. The summed E-state index contributed by atoms with van der Waals surface area (Å²) in [6, 6.07) is 49.8. The maximum Gasteiger partial charge on any atom is 0.335 e. The Labute approximate surface area is 470 Å². The van der Waals surface area contributed by atoms with Gasteiger partial charge in [0.2, 0.25) is 0 Å². The van der Waals surface area contributed by atoms with E-state index >= 15 is 0 Å². The summed E-state index contributed by atoms with van der Waals surface area (Å²) < 4.78 is 0. The molecular weight excluding hydrogens is 1230 g/mol. The second-order valence-electron chi connectivity index (χ2n) is 13.3. The largest absolute Gasteiger partial charge is 0.478 e. The molecule has 0 aliphatic carbocycles. The zero-order chi connectivity index (χ0) is 49.2. The minimum Gasteiger partial charge on any atom is -0.478 e. The summed E-state index contributed by atoms with van der Waals surface area (Å²) in [7, 11) is 0. The molecule has 395 valence electrons.